The van der Waals surface area contributed by atoms with Gasteiger partial charge in [-0.2, -0.15) is 0 Å². The molecule has 4 rings (SSSR count). The highest BCUT2D eigenvalue weighted by molar-refractivity contribution is 7.18. The number of ether oxygens (including phenoxy) is 1. The Morgan fingerprint density at radius 3 is 2.74 bits per heavy atom. The highest BCUT2D eigenvalue weighted by Crippen LogP contribution is 2.39. The number of hydrogen-bond acceptors (Lipinski definition) is 6. The smallest absolute Gasteiger partial charge is 0.264 e. The van der Waals surface area contributed by atoms with E-state index in [1.165, 1.54) is 6.42 Å². The summed E-state index contributed by atoms with van der Waals surface area (Å²) in [7, 11) is 0. The van der Waals surface area contributed by atoms with Crippen LogP contribution in [0.15, 0.2) is 30.5 Å². The number of aromatic nitrogens is 1. The van der Waals surface area contributed by atoms with E-state index in [2.05, 4.69) is 39.6 Å². The highest BCUT2D eigenvalue weighted by atomic mass is 32.1. The van der Waals surface area contributed by atoms with E-state index >= 15 is 0 Å². The van der Waals surface area contributed by atoms with Gasteiger partial charge >= 0.3 is 0 Å². The van der Waals surface area contributed by atoms with Crippen molar-refractivity contribution < 1.29 is 9.53 Å². The molecule has 0 aliphatic carbocycles. The Balaban J connectivity index is 1.55. The third-order valence-corrected chi connectivity index (χ3v) is 7.56. The minimum Gasteiger partial charge on any atom is -0.378 e. The van der Waals surface area contributed by atoms with Gasteiger partial charge in [-0.05, 0) is 50.0 Å². The van der Waals surface area contributed by atoms with E-state index in [9.17, 15) is 4.79 Å². The zero-order chi connectivity index (χ0) is 21.6. The lowest BCUT2D eigenvalue weighted by Gasteiger charge is -2.35. The molecule has 2 aliphatic heterocycles. The fourth-order valence-electron chi connectivity index (χ4n) is 4.60. The van der Waals surface area contributed by atoms with Gasteiger partial charge in [-0.3, -0.25) is 9.78 Å². The maximum absolute atomic E-state index is 13.5. The van der Waals surface area contributed by atoms with Crippen molar-refractivity contribution in [2.75, 3.05) is 63.9 Å². The first-order valence-electron chi connectivity index (χ1n) is 11.6. The minimum atomic E-state index is 0.172. The second-order valence-corrected chi connectivity index (χ2v) is 9.42. The molecule has 0 radical (unpaired) electrons. The molecule has 0 unspecified atom stereocenters. The van der Waals surface area contributed by atoms with Gasteiger partial charge in [0, 0.05) is 44.5 Å². The zero-order valence-corrected chi connectivity index (χ0v) is 19.6. The predicted octanol–water partition coefficient (Wildman–Crippen LogP) is 3.84. The summed E-state index contributed by atoms with van der Waals surface area (Å²) in [6, 6.07) is 8.03. The molecule has 0 aromatic carbocycles. The molecule has 6 nitrogen and oxygen atoms in total. The van der Waals surface area contributed by atoms with Crippen molar-refractivity contribution in [1.29, 1.82) is 0 Å². The lowest BCUT2D eigenvalue weighted by Crippen LogP contribution is -2.43. The summed E-state index contributed by atoms with van der Waals surface area (Å²) in [5, 5.41) is 1.14. The Bertz CT molecular complexity index is 847. The summed E-state index contributed by atoms with van der Waals surface area (Å²) < 4.78 is 5.55. The van der Waals surface area contributed by atoms with Crippen LogP contribution in [0.3, 0.4) is 0 Å². The number of amides is 1. The van der Waals surface area contributed by atoms with E-state index < -0.39 is 0 Å². The molecule has 0 N–H and O–H groups in total. The third-order valence-electron chi connectivity index (χ3n) is 6.38. The van der Waals surface area contributed by atoms with Crippen molar-refractivity contribution in [2.24, 2.45) is 5.92 Å². The number of pyridine rings is 1. The molecule has 31 heavy (non-hydrogen) atoms. The van der Waals surface area contributed by atoms with Crippen molar-refractivity contribution in [1.82, 2.24) is 14.8 Å². The van der Waals surface area contributed by atoms with Crippen molar-refractivity contribution in [3.63, 3.8) is 0 Å². The minimum absolute atomic E-state index is 0.172. The van der Waals surface area contributed by atoms with Crippen molar-refractivity contribution in [2.45, 2.75) is 26.7 Å². The Hall–Kier alpha value is -1.96. The normalized spacial score (nSPS) is 19.8. The number of anilines is 1. The molecule has 2 aromatic rings. The van der Waals surface area contributed by atoms with Crippen LogP contribution in [0.5, 0.6) is 0 Å². The molecule has 0 spiro atoms. The number of hydrogen-bond donors (Lipinski definition) is 0. The molecule has 1 atom stereocenters. The van der Waals surface area contributed by atoms with E-state index in [0.29, 0.717) is 5.92 Å². The van der Waals surface area contributed by atoms with Crippen LogP contribution in [0.1, 0.15) is 36.4 Å². The number of nitrogens with zero attached hydrogens (tertiary/aromatic N) is 4. The summed E-state index contributed by atoms with van der Waals surface area (Å²) in [6.45, 7) is 12.5. The molecule has 2 fully saturated rings. The van der Waals surface area contributed by atoms with Gasteiger partial charge in [0.2, 0.25) is 0 Å². The fraction of sp³-hybridized carbons (Fsp3) is 0.583. The van der Waals surface area contributed by atoms with Crippen LogP contribution in [0.2, 0.25) is 0 Å². The maximum atomic E-state index is 13.5. The molecule has 2 aromatic heterocycles. The van der Waals surface area contributed by atoms with Gasteiger partial charge in [-0.1, -0.05) is 19.9 Å². The Morgan fingerprint density at radius 2 is 2.03 bits per heavy atom. The van der Waals surface area contributed by atoms with E-state index in [0.717, 1.165) is 86.6 Å². The average molecular weight is 443 g/mol. The molecule has 4 heterocycles. The summed E-state index contributed by atoms with van der Waals surface area (Å²) in [5.74, 6) is 0.734. The number of morpholine rings is 1. The van der Waals surface area contributed by atoms with Gasteiger partial charge in [0.15, 0.2) is 0 Å². The molecule has 2 saturated heterocycles. The van der Waals surface area contributed by atoms with Gasteiger partial charge < -0.3 is 19.4 Å². The quantitative estimate of drug-likeness (QED) is 0.652. The van der Waals surface area contributed by atoms with Crippen LogP contribution in [0.4, 0.5) is 5.00 Å². The largest absolute Gasteiger partial charge is 0.378 e. The van der Waals surface area contributed by atoms with Crippen LogP contribution < -0.4 is 4.90 Å². The predicted molar refractivity (Wildman–Crippen MR) is 127 cm³/mol. The molecule has 1 amide bonds. The van der Waals surface area contributed by atoms with Crippen LogP contribution in [0, 0.1) is 5.92 Å². The van der Waals surface area contributed by atoms with E-state index in [-0.39, 0.29) is 5.91 Å². The van der Waals surface area contributed by atoms with Crippen molar-refractivity contribution in [3.8, 4) is 11.3 Å². The Morgan fingerprint density at radius 1 is 1.23 bits per heavy atom. The average Bonchev–Trinajstić information content (AvgIpc) is 3.29. The van der Waals surface area contributed by atoms with Gasteiger partial charge in [0.25, 0.3) is 5.91 Å². The summed E-state index contributed by atoms with van der Waals surface area (Å²) in [4.78, 5) is 25.8. The van der Waals surface area contributed by atoms with Crippen LogP contribution in [-0.4, -0.2) is 79.7 Å². The molecule has 2 aliphatic rings. The van der Waals surface area contributed by atoms with E-state index in [1.807, 2.05) is 24.4 Å². The van der Waals surface area contributed by atoms with Crippen molar-refractivity contribution >= 4 is 22.2 Å². The van der Waals surface area contributed by atoms with E-state index in [4.69, 9.17) is 4.74 Å². The molecule has 7 heteroatoms. The van der Waals surface area contributed by atoms with Gasteiger partial charge in [-0.25, -0.2) is 0 Å². The maximum Gasteiger partial charge on any atom is 0.264 e. The zero-order valence-electron chi connectivity index (χ0n) is 18.8. The second-order valence-electron chi connectivity index (χ2n) is 8.39. The van der Waals surface area contributed by atoms with Crippen LogP contribution >= 0.6 is 11.3 Å². The second kappa shape index (κ2) is 10.6. The first-order valence-corrected chi connectivity index (χ1v) is 12.4. The molecule has 0 bridgehead atoms. The lowest BCUT2D eigenvalue weighted by atomic mass is 9.97. The topological polar surface area (TPSA) is 48.9 Å². The van der Waals surface area contributed by atoms with Crippen LogP contribution in [-0.2, 0) is 4.74 Å². The molecular formula is C24H34N4O2S. The molecule has 168 valence electrons. The third kappa shape index (κ3) is 5.27. The monoisotopic (exact) mass is 442 g/mol. The number of likely N-dealkylation sites (tertiary alicyclic amines) is 1. The summed E-state index contributed by atoms with van der Waals surface area (Å²) in [6.07, 6.45) is 4.12. The number of thiophene rings is 1. The van der Waals surface area contributed by atoms with Crippen molar-refractivity contribution in [3.05, 3.63) is 35.3 Å². The highest BCUT2D eigenvalue weighted by Gasteiger charge is 2.28. The lowest BCUT2D eigenvalue weighted by molar-refractivity contribution is 0.0648. The SMILES string of the molecule is CCN(CC)C[C@H]1CCCN(C(=O)c2cc(-c3ccccn3)c(N3CCOCC3)s2)C1. The van der Waals surface area contributed by atoms with Gasteiger partial charge in [-0.15, -0.1) is 11.3 Å². The number of piperidine rings is 1. The Kier molecular flexibility index (Phi) is 7.58. The number of carbonyl (C=O) groups is 1. The standard InChI is InChI=1S/C24H34N4O2S/c1-3-26(4-2)17-19-8-7-11-28(18-19)23(29)22-16-20(21-9-5-6-10-25-21)24(31-22)27-12-14-30-15-13-27/h5-6,9-10,16,19H,3-4,7-8,11-15,17-18H2,1-2H3/t19-/m1/s1. The molecular weight excluding hydrogens is 408 g/mol. The summed E-state index contributed by atoms with van der Waals surface area (Å²) >= 11 is 1.62. The van der Waals surface area contributed by atoms with E-state index in [1.54, 1.807) is 11.3 Å². The van der Waals surface area contributed by atoms with Gasteiger partial charge in [0.1, 0.15) is 5.00 Å². The first-order chi connectivity index (χ1) is 15.2. The van der Waals surface area contributed by atoms with Crippen LogP contribution in [0.25, 0.3) is 11.3 Å². The Labute approximate surface area is 189 Å². The molecule has 0 saturated carbocycles. The number of carbonyl (C=O) groups excluding carboxylic acids is 1. The number of rotatable bonds is 7. The van der Waals surface area contributed by atoms with Gasteiger partial charge in [0.05, 0.1) is 23.8 Å². The first kappa shape index (κ1) is 22.2. The summed E-state index contributed by atoms with van der Waals surface area (Å²) in [5.41, 5.74) is 1.99. The fourth-order valence-corrected chi connectivity index (χ4v) is 5.78.